The Hall–Kier alpha value is -1.59. The zero-order valence-corrected chi connectivity index (χ0v) is 12.8. The maximum atomic E-state index is 12.0. The number of aryl methyl sites for hydroxylation is 1. The van der Waals surface area contributed by atoms with Gasteiger partial charge in [-0.1, -0.05) is 30.3 Å². The highest BCUT2D eigenvalue weighted by molar-refractivity contribution is 9.10. The molecule has 0 fully saturated rings. The Morgan fingerprint density at radius 3 is 2.70 bits per heavy atom. The number of amides is 1. The molecule has 2 N–H and O–H groups in total. The van der Waals surface area contributed by atoms with Gasteiger partial charge in [-0.05, 0) is 34.0 Å². The normalized spacial score (nSPS) is 12.2. The number of aromatic nitrogens is 1. The number of halogens is 1. The lowest BCUT2D eigenvalue weighted by molar-refractivity contribution is 0.0934. The van der Waals surface area contributed by atoms with Crippen molar-refractivity contribution >= 4 is 21.8 Å². The molecule has 2 rings (SSSR count). The molecule has 0 aliphatic heterocycles. The molecule has 0 aliphatic rings. The van der Waals surface area contributed by atoms with Crippen LogP contribution in [0.15, 0.2) is 47.1 Å². The summed E-state index contributed by atoms with van der Waals surface area (Å²) in [5.74, 6) is -0.140. The summed E-state index contributed by atoms with van der Waals surface area (Å²) in [6.07, 6.45) is 1.76. The Kier molecular flexibility index (Phi) is 4.98. The van der Waals surface area contributed by atoms with Crippen molar-refractivity contribution in [2.24, 2.45) is 7.05 Å². The molecule has 0 aliphatic carbocycles. The average molecular weight is 337 g/mol. The SMILES string of the molecule is Cn1cc(Br)cc1C(=O)NCCC(O)c1ccccc1. The van der Waals surface area contributed by atoms with Gasteiger partial charge < -0.3 is 15.0 Å². The molecule has 5 heteroatoms. The van der Waals surface area contributed by atoms with E-state index in [2.05, 4.69) is 21.2 Å². The number of nitrogens with one attached hydrogen (secondary N) is 1. The van der Waals surface area contributed by atoms with Crippen molar-refractivity contribution in [1.82, 2.24) is 9.88 Å². The van der Waals surface area contributed by atoms with Crippen molar-refractivity contribution in [3.8, 4) is 0 Å². The van der Waals surface area contributed by atoms with Crippen molar-refractivity contribution in [2.75, 3.05) is 6.54 Å². The Balaban J connectivity index is 1.84. The van der Waals surface area contributed by atoms with Crippen LogP contribution in [0.2, 0.25) is 0 Å². The van der Waals surface area contributed by atoms with Gasteiger partial charge in [0.15, 0.2) is 0 Å². The standard InChI is InChI=1S/C15H17BrN2O2/c1-18-10-12(16)9-13(18)15(20)17-8-7-14(19)11-5-3-2-4-6-11/h2-6,9-10,14,19H,7-8H2,1H3,(H,17,20). The summed E-state index contributed by atoms with van der Waals surface area (Å²) in [4.78, 5) is 12.0. The average Bonchev–Trinajstić information content (AvgIpc) is 2.78. The van der Waals surface area contributed by atoms with Crippen LogP contribution < -0.4 is 5.32 Å². The highest BCUT2D eigenvalue weighted by Crippen LogP contribution is 2.16. The highest BCUT2D eigenvalue weighted by atomic mass is 79.9. The van der Waals surface area contributed by atoms with Crippen LogP contribution in [0.25, 0.3) is 0 Å². The topological polar surface area (TPSA) is 54.3 Å². The van der Waals surface area contributed by atoms with E-state index in [9.17, 15) is 9.90 Å². The van der Waals surface area contributed by atoms with E-state index in [1.807, 2.05) is 43.6 Å². The zero-order chi connectivity index (χ0) is 14.5. The second-order valence-corrected chi connectivity index (χ2v) is 5.54. The Morgan fingerprint density at radius 2 is 2.10 bits per heavy atom. The number of hydrogen-bond acceptors (Lipinski definition) is 2. The van der Waals surface area contributed by atoms with E-state index in [1.54, 1.807) is 10.6 Å². The van der Waals surface area contributed by atoms with Crippen LogP contribution in [0.3, 0.4) is 0 Å². The molecule has 0 saturated carbocycles. The monoisotopic (exact) mass is 336 g/mol. The van der Waals surface area contributed by atoms with E-state index in [0.717, 1.165) is 10.0 Å². The molecule has 1 atom stereocenters. The van der Waals surface area contributed by atoms with E-state index < -0.39 is 6.10 Å². The molecule has 1 amide bonds. The van der Waals surface area contributed by atoms with Gasteiger partial charge >= 0.3 is 0 Å². The summed E-state index contributed by atoms with van der Waals surface area (Å²) in [6.45, 7) is 0.428. The predicted molar refractivity (Wildman–Crippen MR) is 81.5 cm³/mol. The second kappa shape index (κ2) is 6.72. The fourth-order valence-corrected chi connectivity index (χ4v) is 2.53. The van der Waals surface area contributed by atoms with Gasteiger partial charge in [-0.3, -0.25) is 4.79 Å². The van der Waals surface area contributed by atoms with Crippen LogP contribution in [0.1, 0.15) is 28.6 Å². The molecule has 1 aromatic heterocycles. The molecule has 106 valence electrons. The number of benzene rings is 1. The van der Waals surface area contributed by atoms with Crippen molar-refractivity contribution in [1.29, 1.82) is 0 Å². The molecule has 2 aromatic rings. The predicted octanol–water partition coefficient (Wildman–Crippen LogP) is 2.64. The van der Waals surface area contributed by atoms with Crippen molar-refractivity contribution < 1.29 is 9.90 Å². The first-order chi connectivity index (χ1) is 9.58. The fraction of sp³-hybridized carbons (Fsp3) is 0.267. The molecule has 1 unspecified atom stereocenters. The summed E-state index contributed by atoms with van der Waals surface area (Å²) in [5.41, 5.74) is 1.45. The molecular weight excluding hydrogens is 320 g/mol. The second-order valence-electron chi connectivity index (χ2n) is 4.63. The van der Waals surface area contributed by atoms with E-state index in [4.69, 9.17) is 0 Å². The minimum Gasteiger partial charge on any atom is -0.388 e. The molecule has 0 spiro atoms. The molecule has 0 bridgehead atoms. The van der Waals surface area contributed by atoms with E-state index in [1.165, 1.54) is 0 Å². The first-order valence-corrected chi connectivity index (χ1v) is 7.20. The summed E-state index contributed by atoms with van der Waals surface area (Å²) in [5, 5.41) is 12.8. The van der Waals surface area contributed by atoms with Crippen LogP contribution in [0, 0.1) is 0 Å². The lowest BCUT2D eigenvalue weighted by Crippen LogP contribution is -2.27. The third-order valence-corrected chi connectivity index (χ3v) is 3.53. The molecule has 1 aromatic carbocycles. The van der Waals surface area contributed by atoms with E-state index >= 15 is 0 Å². The van der Waals surface area contributed by atoms with Gasteiger partial charge in [0.25, 0.3) is 5.91 Å². The van der Waals surface area contributed by atoms with Crippen LogP contribution in [-0.2, 0) is 7.05 Å². The van der Waals surface area contributed by atoms with Gasteiger partial charge in [-0.2, -0.15) is 0 Å². The van der Waals surface area contributed by atoms with Gasteiger partial charge in [0.1, 0.15) is 5.69 Å². The first-order valence-electron chi connectivity index (χ1n) is 6.41. The molecule has 4 nitrogen and oxygen atoms in total. The molecule has 0 saturated heterocycles. The van der Waals surface area contributed by atoms with E-state index in [-0.39, 0.29) is 5.91 Å². The third kappa shape index (κ3) is 3.71. The molecule has 20 heavy (non-hydrogen) atoms. The van der Waals surface area contributed by atoms with Gasteiger partial charge in [0, 0.05) is 24.3 Å². The number of carbonyl (C=O) groups is 1. The third-order valence-electron chi connectivity index (χ3n) is 3.09. The maximum absolute atomic E-state index is 12.0. The van der Waals surface area contributed by atoms with Crippen molar-refractivity contribution in [2.45, 2.75) is 12.5 Å². The number of nitrogens with zero attached hydrogens (tertiary/aromatic N) is 1. The maximum Gasteiger partial charge on any atom is 0.267 e. The summed E-state index contributed by atoms with van der Waals surface area (Å²) >= 11 is 3.33. The summed E-state index contributed by atoms with van der Waals surface area (Å²) < 4.78 is 2.63. The Bertz CT molecular complexity index is 581. The quantitative estimate of drug-likeness (QED) is 0.881. The lowest BCUT2D eigenvalue weighted by atomic mass is 10.1. The number of carbonyl (C=O) groups excluding carboxylic acids is 1. The van der Waals surface area contributed by atoms with Crippen molar-refractivity contribution in [3.05, 3.63) is 58.3 Å². The number of hydrogen-bond donors (Lipinski definition) is 2. The largest absolute Gasteiger partial charge is 0.388 e. The molecule has 0 radical (unpaired) electrons. The van der Waals surface area contributed by atoms with Gasteiger partial charge in [-0.25, -0.2) is 0 Å². The lowest BCUT2D eigenvalue weighted by Gasteiger charge is -2.11. The van der Waals surface area contributed by atoms with Crippen LogP contribution in [0.4, 0.5) is 0 Å². The Labute approximate surface area is 126 Å². The van der Waals surface area contributed by atoms with Crippen LogP contribution in [0.5, 0.6) is 0 Å². The summed E-state index contributed by atoms with van der Waals surface area (Å²) in [7, 11) is 1.82. The van der Waals surface area contributed by atoms with Gasteiger partial charge in [0.05, 0.1) is 6.10 Å². The minimum atomic E-state index is -0.559. The van der Waals surface area contributed by atoms with Crippen molar-refractivity contribution in [3.63, 3.8) is 0 Å². The van der Waals surface area contributed by atoms with Crippen LogP contribution in [-0.4, -0.2) is 22.1 Å². The first kappa shape index (κ1) is 14.8. The number of aliphatic hydroxyl groups excluding tert-OH is 1. The van der Waals surface area contributed by atoms with Gasteiger partial charge in [0.2, 0.25) is 0 Å². The van der Waals surface area contributed by atoms with Crippen LogP contribution >= 0.6 is 15.9 Å². The molecular formula is C15H17BrN2O2. The Morgan fingerprint density at radius 1 is 1.40 bits per heavy atom. The smallest absolute Gasteiger partial charge is 0.267 e. The summed E-state index contributed by atoms with van der Waals surface area (Å²) in [6, 6.07) is 11.2. The minimum absolute atomic E-state index is 0.140. The highest BCUT2D eigenvalue weighted by Gasteiger charge is 2.12. The van der Waals surface area contributed by atoms with E-state index in [0.29, 0.717) is 18.7 Å². The van der Waals surface area contributed by atoms with Gasteiger partial charge in [-0.15, -0.1) is 0 Å². The fourth-order valence-electron chi connectivity index (χ4n) is 2.00. The number of aliphatic hydroxyl groups is 1. The zero-order valence-electron chi connectivity index (χ0n) is 11.2. The number of rotatable bonds is 5. The molecule has 1 heterocycles.